The number of halogens is 1. The quantitative estimate of drug-likeness (QED) is 0.681. The Kier molecular flexibility index (Phi) is 3.48. The Hall–Kier alpha value is -2.07. The third-order valence-electron chi connectivity index (χ3n) is 2.32. The average molecular weight is 263 g/mol. The Balaban J connectivity index is 2.25. The van der Waals surface area contributed by atoms with Gasteiger partial charge in [0, 0.05) is 29.6 Å². The topological polar surface area (TPSA) is 65.2 Å². The normalized spacial score (nSPS) is 10.1. The Morgan fingerprint density at radius 2 is 2.06 bits per heavy atom. The lowest BCUT2D eigenvalue weighted by molar-refractivity contribution is 0.101. The maximum atomic E-state index is 11.2. The molecule has 92 valence electrons. The zero-order valence-electron chi connectivity index (χ0n) is 9.68. The van der Waals surface area contributed by atoms with Gasteiger partial charge in [-0.1, -0.05) is 11.6 Å². The van der Waals surface area contributed by atoms with Crippen LogP contribution in [-0.2, 0) is 0 Å². The highest BCUT2D eigenvalue weighted by molar-refractivity contribution is 6.30. The summed E-state index contributed by atoms with van der Waals surface area (Å²) in [5.74, 6) is 0.961. The number of hydrogen-bond acceptors (Lipinski definition) is 4. The molecule has 0 aliphatic rings. The van der Waals surface area contributed by atoms with E-state index >= 15 is 0 Å². The summed E-state index contributed by atoms with van der Waals surface area (Å²) in [4.78, 5) is 15.1. The van der Waals surface area contributed by atoms with Gasteiger partial charge in [-0.05, 0) is 19.1 Å². The Morgan fingerprint density at radius 3 is 2.67 bits per heavy atom. The number of ketones is 1. The van der Waals surface area contributed by atoms with Crippen molar-refractivity contribution in [3.05, 3.63) is 47.2 Å². The second-order valence-corrected chi connectivity index (χ2v) is 4.18. The molecule has 4 nitrogen and oxygen atoms in total. The van der Waals surface area contributed by atoms with Gasteiger partial charge in [-0.15, -0.1) is 0 Å². The van der Waals surface area contributed by atoms with Gasteiger partial charge in [-0.3, -0.25) is 9.78 Å². The highest BCUT2D eigenvalue weighted by Crippen LogP contribution is 2.26. The fraction of sp³-hybridized carbons (Fsp3) is 0.0769. The molecule has 18 heavy (non-hydrogen) atoms. The molecule has 1 aromatic heterocycles. The number of aromatic nitrogens is 1. The first kappa shape index (κ1) is 12.4. The number of rotatable bonds is 3. The van der Waals surface area contributed by atoms with E-state index in [2.05, 4.69) is 4.98 Å². The first-order valence-corrected chi connectivity index (χ1v) is 5.63. The summed E-state index contributed by atoms with van der Waals surface area (Å²) in [5, 5.41) is 0.487. The molecule has 1 heterocycles. The molecular formula is C13H11ClN2O2. The molecule has 5 heteroatoms. The van der Waals surface area contributed by atoms with E-state index in [-0.39, 0.29) is 5.78 Å². The van der Waals surface area contributed by atoms with Crippen molar-refractivity contribution in [2.75, 3.05) is 5.73 Å². The number of carbonyl (C=O) groups excluding carboxylic acids is 1. The monoisotopic (exact) mass is 262 g/mol. The molecule has 1 aromatic carbocycles. The zero-order valence-corrected chi connectivity index (χ0v) is 10.4. The molecule has 0 saturated heterocycles. The van der Waals surface area contributed by atoms with Gasteiger partial charge in [0.05, 0.1) is 11.2 Å². The van der Waals surface area contributed by atoms with Crippen molar-refractivity contribution in [3.8, 4) is 11.5 Å². The molecule has 0 bridgehead atoms. The summed E-state index contributed by atoms with van der Waals surface area (Å²) >= 11 is 5.80. The van der Waals surface area contributed by atoms with Crippen molar-refractivity contribution in [1.29, 1.82) is 0 Å². The van der Waals surface area contributed by atoms with Crippen molar-refractivity contribution in [2.45, 2.75) is 6.92 Å². The van der Waals surface area contributed by atoms with Crippen molar-refractivity contribution in [2.24, 2.45) is 0 Å². The summed E-state index contributed by atoms with van der Waals surface area (Å²) < 4.78 is 5.54. The molecule has 0 atom stereocenters. The number of hydrogen-bond donors (Lipinski definition) is 1. The summed E-state index contributed by atoms with van der Waals surface area (Å²) in [6.07, 6.45) is 3.06. The van der Waals surface area contributed by atoms with Crippen LogP contribution in [0.15, 0.2) is 36.7 Å². The summed E-state index contributed by atoms with van der Waals surface area (Å²) in [5.41, 5.74) is 6.63. The molecule has 0 fully saturated rings. The minimum absolute atomic E-state index is 0.0801. The van der Waals surface area contributed by atoms with E-state index in [9.17, 15) is 4.79 Å². The van der Waals surface area contributed by atoms with Gasteiger partial charge in [0.25, 0.3) is 0 Å². The van der Waals surface area contributed by atoms with E-state index in [1.807, 2.05) is 0 Å². The summed E-state index contributed by atoms with van der Waals surface area (Å²) in [7, 11) is 0. The average Bonchev–Trinajstić information content (AvgIpc) is 2.28. The Bertz CT molecular complexity index is 599. The molecule has 0 saturated carbocycles. The van der Waals surface area contributed by atoms with Gasteiger partial charge < -0.3 is 10.5 Å². The van der Waals surface area contributed by atoms with E-state index < -0.39 is 0 Å². The third-order valence-corrected chi connectivity index (χ3v) is 2.52. The molecule has 2 N–H and O–H groups in total. The Labute approximate surface area is 109 Å². The van der Waals surface area contributed by atoms with Gasteiger partial charge >= 0.3 is 0 Å². The standard InChI is InChI=1S/C13H11ClN2O2/c1-8(17)12-3-2-10(5-13(12)15)18-11-4-9(14)6-16-7-11/h2-7H,15H2,1H3. The van der Waals surface area contributed by atoms with E-state index in [0.717, 1.165) is 0 Å². The maximum Gasteiger partial charge on any atom is 0.161 e. The largest absolute Gasteiger partial charge is 0.456 e. The number of nitrogens with zero attached hydrogens (tertiary/aromatic N) is 1. The first-order chi connectivity index (χ1) is 8.56. The second kappa shape index (κ2) is 5.06. The minimum Gasteiger partial charge on any atom is -0.456 e. The van der Waals surface area contributed by atoms with Crippen molar-refractivity contribution >= 4 is 23.1 Å². The van der Waals surface area contributed by atoms with Crippen molar-refractivity contribution in [1.82, 2.24) is 4.98 Å². The van der Waals surface area contributed by atoms with Crippen LogP contribution in [0, 0.1) is 0 Å². The molecule has 0 spiro atoms. The maximum absolute atomic E-state index is 11.2. The fourth-order valence-corrected chi connectivity index (χ4v) is 1.67. The summed E-state index contributed by atoms with van der Waals surface area (Å²) in [6, 6.07) is 6.54. The lowest BCUT2D eigenvalue weighted by Gasteiger charge is -2.08. The number of ether oxygens (including phenoxy) is 1. The number of anilines is 1. The van der Waals surface area contributed by atoms with Gasteiger partial charge in [0.15, 0.2) is 5.78 Å². The molecule has 0 unspecified atom stereocenters. The number of pyridine rings is 1. The number of Topliss-reactive ketones (excluding diaryl/α,β-unsaturated/α-hetero) is 1. The number of nitrogen functional groups attached to an aromatic ring is 1. The molecular weight excluding hydrogens is 252 g/mol. The molecule has 0 radical (unpaired) electrons. The van der Waals surface area contributed by atoms with Crippen LogP contribution in [0.2, 0.25) is 5.02 Å². The van der Waals surface area contributed by atoms with Gasteiger partial charge in [-0.2, -0.15) is 0 Å². The lowest BCUT2D eigenvalue weighted by atomic mass is 10.1. The highest BCUT2D eigenvalue weighted by atomic mass is 35.5. The molecule has 2 aromatic rings. The fourth-order valence-electron chi connectivity index (χ4n) is 1.51. The van der Waals surface area contributed by atoms with E-state index in [0.29, 0.717) is 27.8 Å². The number of nitrogens with two attached hydrogens (primary N) is 1. The van der Waals surface area contributed by atoms with Crippen LogP contribution in [0.1, 0.15) is 17.3 Å². The zero-order chi connectivity index (χ0) is 13.1. The van der Waals surface area contributed by atoms with Crippen LogP contribution in [0.3, 0.4) is 0 Å². The minimum atomic E-state index is -0.0801. The smallest absolute Gasteiger partial charge is 0.161 e. The van der Waals surface area contributed by atoms with Gasteiger partial charge in [-0.25, -0.2) is 0 Å². The summed E-state index contributed by atoms with van der Waals surface area (Å²) in [6.45, 7) is 1.47. The van der Waals surface area contributed by atoms with Crippen LogP contribution in [0.25, 0.3) is 0 Å². The van der Waals surface area contributed by atoms with E-state index in [1.165, 1.54) is 13.1 Å². The third kappa shape index (κ3) is 2.78. The van der Waals surface area contributed by atoms with E-state index in [1.54, 1.807) is 30.5 Å². The SMILES string of the molecule is CC(=O)c1ccc(Oc2cncc(Cl)c2)cc1N. The molecule has 0 aliphatic carbocycles. The van der Waals surface area contributed by atoms with Crippen LogP contribution < -0.4 is 10.5 Å². The molecule has 0 amide bonds. The van der Waals surface area contributed by atoms with Crippen LogP contribution in [0.5, 0.6) is 11.5 Å². The van der Waals surface area contributed by atoms with Crippen LogP contribution in [-0.4, -0.2) is 10.8 Å². The van der Waals surface area contributed by atoms with Gasteiger partial charge in [0.1, 0.15) is 11.5 Å². The van der Waals surface area contributed by atoms with Gasteiger partial charge in [0.2, 0.25) is 0 Å². The lowest BCUT2D eigenvalue weighted by Crippen LogP contribution is -1.99. The van der Waals surface area contributed by atoms with Crippen LogP contribution in [0.4, 0.5) is 5.69 Å². The number of benzene rings is 1. The Morgan fingerprint density at radius 1 is 1.28 bits per heavy atom. The van der Waals surface area contributed by atoms with Crippen molar-refractivity contribution < 1.29 is 9.53 Å². The van der Waals surface area contributed by atoms with Crippen LogP contribution >= 0.6 is 11.6 Å². The van der Waals surface area contributed by atoms with E-state index in [4.69, 9.17) is 22.1 Å². The van der Waals surface area contributed by atoms with Crippen molar-refractivity contribution in [3.63, 3.8) is 0 Å². The first-order valence-electron chi connectivity index (χ1n) is 5.25. The highest BCUT2D eigenvalue weighted by Gasteiger charge is 2.06. The predicted molar refractivity (Wildman–Crippen MR) is 70.2 cm³/mol. The predicted octanol–water partition coefficient (Wildman–Crippen LogP) is 3.31. The molecule has 2 rings (SSSR count). The molecule has 0 aliphatic heterocycles. The number of carbonyl (C=O) groups is 1. The second-order valence-electron chi connectivity index (χ2n) is 3.75.